The molecule has 2 bridgehead atoms. The highest BCUT2D eigenvalue weighted by Gasteiger charge is 2.52. The maximum Gasteiger partial charge on any atom is 0.534 e. The van der Waals surface area contributed by atoms with Crippen molar-refractivity contribution in [2.24, 2.45) is 11.8 Å². The maximum absolute atomic E-state index is 12.3. The van der Waals surface area contributed by atoms with Crippen molar-refractivity contribution in [2.75, 3.05) is 0 Å². The number of allylic oxidation sites excluding steroid dienone is 2. The van der Waals surface area contributed by atoms with Gasteiger partial charge in [0, 0.05) is 5.92 Å². The fourth-order valence-corrected chi connectivity index (χ4v) is 3.21. The molecule has 138 valence electrons. The van der Waals surface area contributed by atoms with Gasteiger partial charge in [-0.1, -0.05) is 0 Å². The minimum absolute atomic E-state index is 0.136. The van der Waals surface area contributed by atoms with E-state index >= 15 is 0 Å². The van der Waals surface area contributed by atoms with E-state index in [0.29, 0.717) is 0 Å². The molecule has 3 aliphatic carbocycles. The minimum Gasteiger partial charge on any atom is -0.380 e. The van der Waals surface area contributed by atoms with E-state index in [1.807, 2.05) is 0 Å². The molecule has 0 aromatic heterocycles. The zero-order chi connectivity index (χ0) is 18.6. The van der Waals surface area contributed by atoms with Gasteiger partial charge in [0.05, 0.1) is 5.92 Å². The second-order valence-electron chi connectivity index (χ2n) is 4.90. The lowest BCUT2D eigenvalue weighted by Gasteiger charge is -2.33. The summed E-state index contributed by atoms with van der Waals surface area (Å²) in [6, 6.07) is 0. The Labute approximate surface area is 132 Å². The van der Waals surface area contributed by atoms with E-state index in [4.69, 9.17) is 0 Å². The van der Waals surface area contributed by atoms with Gasteiger partial charge in [-0.25, -0.2) is 0 Å². The molecular weight excluding hydrogens is 394 g/mol. The van der Waals surface area contributed by atoms with Crippen molar-refractivity contribution in [1.29, 1.82) is 0 Å². The maximum atomic E-state index is 12.3. The molecule has 3 rings (SSSR count). The Hall–Kier alpha value is -1.44. The van der Waals surface area contributed by atoms with Crippen molar-refractivity contribution < 1.29 is 51.5 Å². The molecule has 0 saturated carbocycles. The molecule has 0 fully saturated rings. The molecule has 0 amide bonds. The Morgan fingerprint density at radius 1 is 0.792 bits per heavy atom. The molecule has 0 aromatic rings. The van der Waals surface area contributed by atoms with Gasteiger partial charge in [-0.15, -0.1) is 0 Å². The van der Waals surface area contributed by atoms with Crippen molar-refractivity contribution in [3.8, 4) is 0 Å². The second kappa shape index (κ2) is 5.54. The van der Waals surface area contributed by atoms with Gasteiger partial charge >= 0.3 is 31.3 Å². The summed E-state index contributed by atoms with van der Waals surface area (Å²) < 4.78 is 126. The van der Waals surface area contributed by atoms with Crippen LogP contribution in [-0.2, 0) is 28.6 Å². The van der Waals surface area contributed by atoms with Crippen LogP contribution in [0.15, 0.2) is 23.7 Å². The smallest absolute Gasteiger partial charge is 0.380 e. The topological polar surface area (TPSA) is 86.7 Å². The number of halogens is 6. The lowest BCUT2D eigenvalue weighted by Crippen LogP contribution is -2.33. The summed E-state index contributed by atoms with van der Waals surface area (Å²) in [4.78, 5) is 0. The van der Waals surface area contributed by atoms with E-state index in [-0.39, 0.29) is 12.8 Å². The van der Waals surface area contributed by atoms with Crippen molar-refractivity contribution in [3.05, 3.63) is 23.7 Å². The Bertz CT molecular complexity index is 725. The Kier molecular flexibility index (Phi) is 4.36. The van der Waals surface area contributed by atoms with Crippen LogP contribution < -0.4 is 0 Å². The van der Waals surface area contributed by atoms with E-state index in [0.717, 1.165) is 12.2 Å². The molecule has 0 saturated heterocycles. The summed E-state index contributed by atoms with van der Waals surface area (Å²) >= 11 is 0. The number of hydrogen-bond acceptors (Lipinski definition) is 6. The SMILES string of the molecule is O=S(=O)(OC1=CC2C=C(OS(=O)(=O)C(F)(F)F)C1CC2)C(F)(F)F. The Morgan fingerprint density at radius 3 is 1.46 bits per heavy atom. The summed E-state index contributed by atoms with van der Waals surface area (Å²) in [6.45, 7) is 0. The van der Waals surface area contributed by atoms with Crippen LogP contribution in [0.2, 0.25) is 0 Å². The predicted octanol–water partition coefficient (Wildman–Crippen LogP) is 2.53. The van der Waals surface area contributed by atoms with Crippen molar-refractivity contribution in [3.63, 3.8) is 0 Å². The zero-order valence-corrected chi connectivity index (χ0v) is 12.9. The molecule has 0 unspecified atom stereocenters. The van der Waals surface area contributed by atoms with Crippen LogP contribution in [-0.4, -0.2) is 27.9 Å². The van der Waals surface area contributed by atoms with E-state index in [1.165, 1.54) is 0 Å². The second-order valence-corrected chi connectivity index (χ2v) is 7.97. The summed E-state index contributed by atoms with van der Waals surface area (Å²) in [5, 5.41) is 0. The highest BCUT2D eigenvalue weighted by molar-refractivity contribution is 7.88. The van der Waals surface area contributed by atoms with Crippen LogP contribution in [0.25, 0.3) is 0 Å². The highest BCUT2D eigenvalue weighted by Crippen LogP contribution is 2.44. The van der Waals surface area contributed by atoms with Crippen LogP contribution in [0, 0.1) is 11.8 Å². The summed E-state index contributed by atoms with van der Waals surface area (Å²) in [7, 11) is -12.1. The van der Waals surface area contributed by atoms with Gasteiger partial charge in [0.15, 0.2) is 0 Å². The van der Waals surface area contributed by atoms with Crippen molar-refractivity contribution in [2.45, 2.75) is 23.9 Å². The van der Waals surface area contributed by atoms with Crippen molar-refractivity contribution >= 4 is 20.2 Å². The van der Waals surface area contributed by atoms with Crippen LogP contribution in [0.3, 0.4) is 0 Å². The van der Waals surface area contributed by atoms with Gasteiger partial charge in [-0.05, 0) is 25.0 Å². The van der Waals surface area contributed by atoms with Crippen LogP contribution in [0.4, 0.5) is 26.3 Å². The third kappa shape index (κ3) is 3.48. The summed E-state index contributed by atoms with van der Waals surface area (Å²) in [5.41, 5.74) is -11.5. The molecule has 3 aliphatic rings. The fraction of sp³-hybridized carbons (Fsp3) is 0.600. The average Bonchev–Trinajstić information content (AvgIpc) is 2.35. The minimum atomic E-state index is -6.04. The first-order chi connectivity index (χ1) is 10.6. The van der Waals surface area contributed by atoms with E-state index in [9.17, 15) is 43.2 Å². The molecular formula is C10H8F6O6S2. The average molecular weight is 402 g/mol. The molecule has 0 heterocycles. The molecule has 0 spiro atoms. The first-order valence-electron chi connectivity index (χ1n) is 6.09. The fourth-order valence-electron chi connectivity index (χ4n) is 2.17. The molecule has 0 aliphatic heterocycles. The molecule has 0 atom stereocenters. The number of alkyl halides is 6. The first kappa shape index (κ1) is 18.9. The standard InChI is InChI=1S/C10H8F6O6S2/c11-9(12,13)23(17,18)21-7-3-5-1-2-6(7)8(4-5)22-24(19,20)10(14,15)16/h3-6H,1-2H2. The van der Waals surface area contributed by atoms with E-state index in [1.54, 1.807) is 0 Å². The van der Waals surface area contributed by atoms with Crippen LogP contribution in [0.1, 0.15) is 12.8 Å². The Morgan fingerprint density at radius 2 is 1.17 bits per heavy atom. The molecule has 0 radical (unpaired) electrons. The number of hydrogen-bond donors (Lipinski definition) is 0. The van der Waals surface area contributed by atoms with E-state index in [2.05, 4.69) is 8.37 Å². The van der Waals surface area contributed by atoms with Crippen LogP contribution in [0.5, 0.6) is 0 Å². The van der Waals surface area contributed by atoms with Crippen molar-refractivity contribution in [1.82, 2.24) is 0 Å². The first-order valence-corrected chi connectivity index (χ1v) is 8.90. The monoisotopic (exact) mass is 402 g/mol. The quantitative estimate of drug-likeness (QED) is 0.408. The zero-order valence-electron chi connectivity index (χ0n) is 11.3. The molecule has 0 N–H and O–H groups in total. The number of rotatable bonds is 4. The Balaban J connectivity index is 2.27. The summed E-state index contributed by atoms with van der Waals surface area (Å²) in [6.07, 6.45) is 2.04. The largest absolute Gasteiger partial charge is 0.534 e. The lowest BCUT2D eigenvalue weighted by molar-refractivity contribution is -0.0538. The van der Waals surface area contributed by atoms with E-state index < -0.39 is 54.6 Å². The third-order valence-electron chi connectivity index (χ3n) is 3.21. The molecule has 6 nitrogen and oxygen atoms in total. The van der Waals surface area contributed by atoms with Gasteiger partial charge in [0.2, 0.25) is 0 Å². The van der Waals surface area contributed by atoms with Gasteiger partial charge in [0.1, 0.15) is 11.5 Å². The highest BCUT2D eigenvalue weighted by atomic mass is 32.2. The van der Waals surface area contributed by atoms with Gasteiger partial charge in [0.25, 0.3) is 0 Å². The molecule has 14 heteroatoms. The van der Waals surface area contributed by atoms with Gasteiger partial charge in [-0.2, -0.15) is 43.2 Å². The van der Waals surface area contributed by atoms with Gasteiger partial charge in [-0.3, -0.25) is 0 Å². The summed E-state index contributed by atoms with van der Waals surface area (Å²) in [5.74, 6) is -3.94. The number of fused-ring (bicyclic) bond motifs is 1. The molecule has 24 heavy (non-hydrogen) atoms. The lowest BCUT2D eigenvalue weighted by atomic mass is 9.79. The van der Waals surface area contributed by atoms with Gasteiger partial charge < -0.3 is 8.37 Å². The normalized spacial score (nSPS) is 25.1. The third-order valence-corrected chi connectivity index (χ3v) is 5.17. The predicted molar refractivity (Wildman–Crippen MR) is 64.5 cm³/mol. The van der Waals surface area contributed by atoms with Crippen LogP contribution >= 0.6 is 0 Å². The molecule has 0 aromatic carbocycles.